The number of carbonyl (C=O) groups is 1. The lowest BCUT2D eigenvalue weighted by Crippen LogP contribution is -2.32. The fraction of sp³-hybridized carbons (Fsp3) is 0.444. The third-order valence-corrected chi connectivity index (χ3v) is 3.89. The van der Waals surface area contributed by atoms with E-state index < -0.39 is 0 Å². The van der Waals surface area contributed by atoms with Gasteiger partial charge in [0.25, 0.3) is 0 Å². The lowest BCUT2D eigenvalue weighted by atomic mass is 10.1. The van der Waals surface area contributed by atoms with Gasteiger partial charge in [0.15, 0.2) is 0 Å². The van der Waals surface area contributed by atoms with E-state index in [1.807, 2.05) is 64.3 Å². The number of aryl methyl sites for hydroxylation is 2. The number of carbonyl (C=O) groups excluding carboxylic acids is 1. The molecule has 1 N–H and O–H groups in total. The van der Waals surface area contributed by atoms with Gasteiger partial charge in [-0.1, -0.05) is 25.1 Å². The molecule has 0 unspecified atom stereocenters. The summed E-state index contributed by atoms with van der Waals surface area (Å²) in [4.78, 5) is 12.3. The van der Waals surface area contributed by atoms with Crippen molar-refractivity contribution in [2.24, 2.45) is 13.0 Å². The Labute approximate surface area is 137 Å². The number of hydrogen-bond acceptors (Lipinski definition) is 3. The van der Waals surface area contributed by atoms with Crippen LogP contribution in [0.2, 0.25) is 0 Å². The van der Waals surface area contributed by atoms with Crippen molar-refractivity contribution in [2.45, 2.75) is 33.2 Å². The van der Waals surface area contributed by atoms with Crippen LogP contribution in [0.3, 0.4) is 0 Å². The van der Waals surface area contributed by atoms with Crippen molar-refractivity contribution in [3.8, 4) is 5.75 Å². The fourth-order valence-electron chi connectivity index (χ4n) is 2.48. The maximum Gasteiger partial charge on any atom is 0.223 e. The zero-order valence-electron chi connectivity index (χ0n) is 14.2. The predicted molar refractivity (Wildman–Crippen MR) is 90.2 cm³/mol. The van der Waals surface area contributed by atoms with Crippen LogP contribution in [-0.4, -0.2) is 22.3 Å². The van der Waals surface area contributed by atoms with Crippen LogP contribution in [0, 0.1) is 12.8 Å². The van der Waals surface area contributed by atoms with Crippen molar-refractivity contribution >= 4 is 5.91 Å². The summed E-state index contributed by atoms with van der Waals surface area (Å²) in [6, 6.07) is 9.60. The monoisotopic (exact) mass is 315 g/mol. The number of nitrogens with zero attached hydrogens (tertiary/aromatic N) is 2. The van der Waals surface area contributed by atoms with Crippen LogP contribution in [-0.2, 0) is 11.8 Å². The van der Waals surface area contributed by atoms with E-state index in [0.29, 0.717) is 13.0 Å². The summed E-state index contributed by atoms with van der Waals surface area (Å²) in [6.45, 7) is 6.38. The molecule has 1 heterocycles. The molecule has 0 saturated heterocycles. The zero-order chi connectivity index (χ0) is 16.8. The van der Waals surface area contributed by atoms with Crippen molar-refractivity contribution in [1.82, 2.24) is 15.1 Å². The average molecular weight is 315 g/mol. The quantitative estimate of drug-likeness (QED) is 0.854. The zero-order valence-corrected chi connectivity index (χ0v) is 14.2. The third kappa shape index (κ3) is 4.84. The normalized spacial score (nSPS) is 13.4. The number of para-hydroxylation sites is 1. The first-order valence-corrected chi connectivity index (χ1v) is 7.95. The van der Waals surface area contributed by atoms with Gasteiger partial charge < -0.3 is 10.1 Å². The number of benzene rings is 1. The van der Waals surface area contributed by atoms with Gasteiger partial charge in [0.2, 0.25) is 5.91 Å². The van der Waals surface area contributed by atoms with Gasteiger partial charge in [0.05, 0.1) is 18.3 Å². The van der Waals surface area contributed by atoms with Crippen LogP contribution < -0.4 is 10.1 Å². The number of aromatic nitrogens is 2. The highest BCUT2D eigenvalue weighted by Gasteiger charge is 2.18. The lowest BCUT2D eigenvalue weighted by Gasteiger charge is -2.17. The molecule has 2 atom stereocenters. The van der Waals surface area contributed by atoms with Crippen molar-refractivity contribution in [1.29, 1.82) is 0 Å². The Hall–Kier alpha value is -2.30. The molecule has 0 aliphatic carbocycles. The molecule has 1 aromatic heterocycles. The molecule has 0 spiro atoms. The van der Waals surface area contributed by atoms with Gasteiger partial charge in [0, 0.05) is 24.7 Å². The van der Waals surface area contributed by atoms with E-state index >= 15 is 0 Å². The van der Waals surface area contributed by atoms with Gasteiger partial charge in [-0.3, -0.25) is 9.48 Å². The molecule has 1 aromatic carbocycles. The summed E-state index contributed by atoms with van der Waals surface area (Å²) >= 11 is 0. The summed E-state index contributed by atoms with van der Waals surface area (Å²) in [7, 11) is 1.88. The summed E-state index contributed by atoms with van der Waals surface area (Å²) in [6.07, 6.45) is 2.63. The maximum absolute atomic E-state index is 12.3. The first-order chi connectivity index (χ1) is 11.0. The number of nitrogens with one attached hydrogen (secondary N) is 1. The Balaban J connectivity index is 1.79. The standard InChI is InChI=1S/C18H25N3O2/c1-13(10-11-23-16-8-6-5-7-9-16)18(22)19-14(2)17-12-21(4)20-15(17)3/h5-9,12-14H,10-11H2,1-4H3,(H,19,22)/t13-,14+/m0/s1. The molecule has 0 radical (unpaired) electrons. The highest BCUT2D eigenvalue weighted by Crippen LogP contribution is 2.17. The number of amides is 1. The van der Waals surface area contributed by atoms with E-state index in [9.17, 15) is 4.79 Å². The van der Waals surface area contributed by atoms with E-state index in [0.717, 1.165) is 17.0 Å². The molecule has 124 valence electrons. The Morgan fingerprint density at radius 1 is 1.30 bits per heavy atom. The second-order valence-electron chi connectivity index (χ2n) is 5.93. The van der Waals surface area contributed by atoms with Crippen LogP contribution in [0.25, 0.3) is 0 Å². The minimum Gasteiger partial charge on any atom is -0.494 e. The Morgan fingerprint density at radius 3 is 2.61 bits per heavy atom. The molecule has 0 fully saturated rings. The Morgan fingerprint density at radius 2 is 2.00 bits per heavy atom. The molecule has 0 bridgehead atoms. The van der Waals surface area contributed by atoms with Crippen LogP contribution in [0.4, 0.5) is 0 Å². The predicted octanol–water partition coefficient (Wildman–Crippen LogP) is 3.01. The highest BCUT2D eigenvalue weighted by molar-refractivity contribution is 5.78. The molecule has 1 amide bonds. The number of rotatable bonds is 7. The smallest absolute Gasteiger partial charge is 0.223 e. The molecule has 5 heteroatoms. The van der Waals surface area contributed by atoms with Gasteiger partial charge in [-0.15, -0.1) is 0 Å². The van der Waals surface area contributed by atoms with E-state index in [2.05, 4.69) is 10.4 Å². The minimum absolute atomic E-state index is 0.0393. The Kier molecular flexibility index (Phi) is 5.79. The van der Waals surface area contributed by atoms with Crippen molar-refractivity contribution in [3.63, 3.8) is 0 Å². The van der Waals surface area contributed by atoms with Gasteiger partial charge in [0.1, 0.15) is 5.75 Å². The number of ether oxygens (including phenoxy) is 1. The van der Waals surface area contributed by atoms with E-state index in [1.165, 1.54) is 0 Å². The van der Waals surface area contributed by atoms with E-state index in [4.69, 9.17) is 4.74 Å². The van der Waals surface area contributed by atoms with Gasteiger partial charge in [-0.2, -0.15) is 5.10 Å². The summed E-state index contributed by atoms with van der Waals surface area (Å²) < 4.78 is 7.41. The molecule has 0 aliphatic heterocycles. The summed E-state index contributed by atoms with van der Waals surface area (Å²) in [5.74, 6) is 0.773. The molecule has 5 nitrogen and oxygen atoms in total. The summed E-state index contributed by atoms with van der Waals surface area (Å²) in [5.41, 5.74) is 1.99. The topological polar surface area (TPSA) is 56.2 Å². The first kappa shape index (κ1) is 17.1. The molecule has 2 aromatic rings. The SMILES string of the molecule is Cc1nn(C)cc1[C@@H](C)NC(=O)[C@@H](C)CCOc1ccccc1. The second-order valence-corrected chi connectivity index (χ2v) is 5.93. The lowest BCUT2D eigenvalue weighted by molar-refractivity contribution is -0.125. The molecule has 23 heavy (non-hydrogen) atoms. The van der Waals surface area contributed by atoms with Gasteiger partial charge in [-0.05, 0) is 32.4 Å². The largest absolute Gasteiger partial charge is 0.494 e. The second kappa shape index (κ2) is 7.81. The van der Waals surface area contributed by atoms with Gasteiger partial charge in [-0.25, -0.2) is 0 Å². The Bertz CT molecular complexity index is 637. The van der Waals surface area contributed by atoms with E-state index in [1.54, 1.807) is 4.68 Å². The number of hydrogen-bond donors (Lipinski definition) is 1. The third-order valence-electron chi connectivity index (χ3n) is 3.89. The molecule has 0 saturated carbocycles. The van der Waals surface area contributed by atoms with Crippen LogP contribution in [0.15, 0.2) is 36.5 Å². The maximum atomic E-state index is 12.3. The van der Waals surface area contributed by atoms with Crippen LogP contribution in [0.5, 0.6) is 5.75 Å². The van der Waals surface area contributed by atoms with Crippen molar-refractivity contribution < 1.29 is 9.53 Å². The molecule has 0 aliphatic rings. The summed E-state index contributed by atoms with van der Waals surface area (Å²) in [5, 5.41) is 7.36. The van der Waals surface area contributed by atoms with Crippen molar-refractivity contribution in [2.75, 3.05) is 6.61 Å². The highest BCUT2D eigenvalue weighted by atomic mass is 16.5. The molecule has 2 rings (SSSR count). The van der Waals surface area contributed by atoms with Crippen LogP contribution >= 0.6 is 0 Å². The van der Waals surface area contributed by atoms with Crippen molar-refractivity contribution in [3.05, 3.63) is 47.8 Å². The molecular formula is C18H25N3O2. The minimum atomic E-state index is -0.0989. The van der Waals surface area contributed by atoms with Gasteiger partial charge >= 0.3 is 0 Å². The fourth-order valence-corrected chi connectivity index (χ4v) is 2.48. The van der Waals surface area contributed by atoms with Crippen LogP contribution in [0.1, 0.15) is 37.6 Å². The average Bonchev–Trinajstić information content (AvgIpc) is 2.87. The van der Waals surface area contributed by atoms with E-state index in [-0.39, 0.29) is 17.9 Å². The first-order valence-electron chi connectivity index (χ1n) is 7.95. The molecular weight excluding hydrogens is 290 g/mol.